The number of carbonyl (C=O) groups excluding carboxylic acids is 1. The maximum absolute atomic E-state index is 12.2. The van der Waals surface area contributed by atoms with Gasteiger partial charge in [0.15, 0.2) is 0 Å². The minimum Gasteiger partial charge on any atom is -0.351 e. The first-order valence-electron chi connectivity index (χ1n) is 9.43. The number of aromatic nitrogens is 1. The van der Waals surface area contributed by atoms with Gasteiger partial charge >= 0.3 is 0 Å². The molecule has 1 aliphatic rings. The zero-order valence-electron chi connectivity index (χ0n) is 15.4. The van der Waals surface area contributed by atoms with Crippen LogP contribution in [0.3, 0.4) is 0 Å². The van der Waals surface area contributed by atoms with Crippen LogP contribution in [-0.2, 0) is 6.54 Å². The Labute approximate surface area is 154 Å². The number of amides is 1. The molecule has 1 aromatic carbocycles. The Kier molecular flexibility index (Phi) is 6.23. The van der Waals surface area contributed by atoms with E-state index in [0.717, 1.165) is 19.6 Å². The molecule has 1 N–H and O–H groups in total. The Hall–Kier alpha value is -2.40. The Morgan fingerprint density at radius 1 is 1.23 bits per heavy atom. The lowest BCUT2D eigenvalue weighted by atomic mass is 9.91. The van der Waals surface area contributed by atoms with Crippen LogP contribution < -0.4 is 10.9 Å². The van der Waals surface area contributed by atoms with E-state index in [0.29, 0.717) is 24.6 Å². The molecule has 0 spiro atoms. The normalized spacial score (nSPS) is 17.8. The van der Waals surface area contributed by atoms with Crippen LogP contribution in [0.15, 0.2) is 53.5 Å². The molecule has 2 heterocycles. The van der Waals surface area contributed by atoms with Gasteiger partial charge in [0.05, 0.1) is 0 Å². The summed E-state index contributed by atoms with van der Waals surface area (Å²) in [4.78, 5) is 26.5. The van der Waals surface area contributed by atoms with Gasteiger partial charge in [-0.2, -0.15) is 0 Å². The molecule has 1 fully saturated rings. The summed E-state index contributed by atoms with van der Waals surface area (Å²) in [6, 6.07) is 13.8. The SMILES string of the molecule is CCn1ccc(C(=O)NCCN2CCC[C@@H](c3ccccc3)C2)cc1=O. The Morgan fingerprint density at radius 2 is 2.04 bits per heavy atom. The summed E-state index contributed by atoms with van der Waals surface area (Å²) < 4.78 is 1.58. The molecule has 0 radical (unpaired) electrons. The highest BCUT2D eigenvalue weighted by Gasteiger charge is 2.20. The van der Waals surface area contributed by atoms with Crippen molar-refractivity contribution in [2.24, 2.45) is 0 Å². The average Bonchev–Trinajstić information content (AvgIpc) is 2.69. The molecule has 1 aromatic heterocycles. The minimum atomic E-state index is -0.179. The monoisotopic (exact) mass is 353 g/mol. The van der Waals surface area contributed by atoms with Crippen molar-refractivity contribution in [3.8, 4) is 0 Å². The van der Waals surface area contributed by atoms with Crippen LogP contribution in [0.1, 0.15) is 41.6 Å². The molecule has 1 amide bonds. The number of hydrogen-bond donors (Lipinski definition) is 1. The van der Waals surface area contributed by atoms with E-state index in [1.807, 2.05) is 6.92 Å². The second-order valence-corrected chi connectivity index (χ2v) is 6.85. The van der Waals surface area contributed by atoms with Crippen LogP contribution >= 0.6 is 0 Å². The van der Waals surface area contributed by atoms with Crippen molar-refractivity contribution in [1.29, 1.82) is 0 Å². The van der Waals surface area contributed by atoms with E-state index in [-0.39, 0.29) is 11.5 Å². The van der Waals surface area contributed by atoms with Crippen LogP contribution in [-0.4, -0.2) is 41.6 Å². The molecule has 26 heavy (non-hydrogen) atoms. The van der Waals surface area contributed by atoms with E-state index in [2.05, 4.69) is 40.5 Å². The van der Waals surface area contributed by atoms with Crippen molar-refractivity contribution in [3.63, 3.8) is 0 Å². The molecule has 1 atom stereocenters. The van der Waals surface area contributed by atoms with Gasteiger partial charge in [-0.3, -0.25) is 9.59 Å². The van der Waals surface area contributed by atoms with Gasteiger partial charge in [0.2, 0.25) is 0 Å². The van der Waals surface area contributed by atoms with Gasteiger partial charge in [-0.15, -0.1) is 0 Å². The van der Waals surface area contributed by atoms with E-state index in [1.165, 1.54) is 24.5 Å². The first-order valence-corrected chi connectivity index (χ1v) is 9.43. The molecule has 138 valence electrons. The van der Waals surface area contributed by atoms with Crippen LogP contribution in [0.2, 0.25) is 0 Å². The third-order valence-electron chi connectivity index (χ3n) is 5.09. The molecular formula is C21H27N3O2. The van der Waals surface area contributed by atoms with E-state index in [4.69, 9.17) is 0 Å². The predicted molar refractivity (Wildman–Crippen MR) is 104 cm³/mol. The van der Waals surface area contributed by atoms with Crippen molar-refractivity contribution >= 4 is 5.91 Å². The first kappa shape index (κ1) is 18.4. The highest BCUT2D eigenvalue weighted by atomic mass is 16.2. The molecule has 1 aliphatic heterocycles. The lowest BCUT2D eigenvalue weighted by Gasteiger charge is -2.33. The number of rotatable bonds is 6. The maximum atomic E-state index is 12.2. The van der Waals surface area contributed by atoms with Crippen LogP contribution in [0, 0.1) is 0 Å². The first-order chi connectivity index (χ1) is 12.7. The second kappa shape index (κ2) is 8.81. The van der Waals surface area contributed by atoms with Gasteiger partial charge in [0, 0.05) is 44.0 Å². The highest BCUT2D eigenvalue weighted by Crippen LogP contribution is 2.26. The number of piperidine rings is 1. The summed E-state index contributed by atoms with van der Waals surface area (Å²) in [7, 11) is 0. The van der Waals surface area contributed by atoms with Crippen LogP contribution in [0.4, 0.5) is 0 Å². The van der Waals surface area contributed by atoms with Gasteiger partial charge in [-0.05, 0) is 43.9 Å². The summed E-state index contributed by atoms with van der Waals surface area (Å²) in [5.41, 5.74) is 1.69. The van der Waals surface area contributed by atoms with E-state index < -0.39 is 0 Å². The lowest BCUT2D eigenvalue weighted by Crippen LogP contribution is -2.40. The third-order valence-corrected chi connectivity index (χ3v) is 5.09. The molecule has 0 saturated carbocycles. The summed E-state index contributed by atoms with van der Waals surface area (Å²) in [5, 5.41) is 2.94. The quantitative estimate of drug-likeness (QED) is 0.868. The van der Waals surface area contributed by atoms with E-state index in [9.17, 15) is 9.59 Å². The number of benzene rings is 1. The van der Waals surface area contributed by atoms with Gasteiger partial charge in [0.25, 0.3) is 11.5 Å². The number of pyridine rings is 1. The summed E-state index contributed by atoms with van der Waals surface area (Å²) in [6.45, 7) is 6.05. The molecule has 0 bridgehead atoms. The number of hydrogen-bond acceptors (Lipinski definition) is 3. The van der Waals surface area contributed by atoms with Crippen molar-refractivity contribution in [1.82, 2.24) is 14.8 Å². The minimum absolute atomic E-state index is 0.137. The van der Waals surface area contributed by atoms with Crippen molar-refractivity contribution in [2.75, 3.05) is 26.2 Å². The number of nitrogens with zero attached hydrogens (tertiary/aromatic N) is 2. The number of carbonyl (C=O) groups is 1. The third kappa shape index (κ3) is 4.61. The molecule has 1 saturated heterocycles. The zero-order chi connectivity index (χ0) is 18.4. The Balaban J connectivity index is 1.49. The fraction of sp³-hybridized carbons (Fsp3) is 0.429. The summed E-state index contributed by atoms with van der Waals surface area (Å²) in [6.07, 6.45) is 4.08. The van der Waals surface area contributed by atoms with Crippen molar-refractivity contribution in [2.45, 2.75) is 32.2 Å². The zero-order valence-corrected chi connectivity index (χ0v) is 15.4. The van der Waals surface area contributed by atoms with Gasteiger partial charge in [-0.25, -0.2) is 0 Å². The number of likely N-dealkylation sites (tertiary alicyclic amines) is 1. The van der Waals surface area contributed by atoms with Gasteiger partial charge in [0.1, 0.15) is 0 Å². The summed E-state index contributed by atoms with van der Waals surface area (Å²) >= 11 is 0. The predicted octanol–water partition coefficient (Wildman–Crippen LogP) is 2.48. The number of aryl methyl sites for hydroxylation is 1. The Bertz CT molecular complexity index is 785. The Morgan fingerprint density at radius 3 is 2.77 bits per heavy atom. The lowest BCUT2D eigenvalue weighted by molar-refractivity contribution is 0.0945. The fourth-order valence-electron chi connectivity index (χ4n) is 3.60. The average molecular weight is 353 g/mol. The molecular weight excluding hydrogens is 326 g/mol. The smallest absolute Gasteiger partial charge is 0.251 e. The van der Waals surface area contributed by atoms with E-state index >= 15 is 0 Å². The van der Waals surface area contributed by atoms with Crippen LogP contribution in [0.25, 0.3) is 0 Å². The molecule has 3 rings (SSSR count). The summed E-state index contributed by atoms with van der Waals surface area (Å²) in [5.74, 6) is 0.393. The fourth-order valence-corrected chi connectivity index (χ4v) is 3.60. The molecule has 2 aromatic rings. The van der Waals surface area contributed by atoms with Crippen LogP contribution in [0.5, 0.6) is 0 Å². The standard InChI is InChI=1S/C21H27N3O2/c1-2-24-13-10-18(15-20(24)25)21(26)22-11-14-23-12-6-9-19(16-23)17-7-4-3-5-8-17/h3-5,7-8,10,13,15,19H,2,6,9,11-12,14,16H2,1H3,(H,22,26)/t19-/m1/s1. The molecule has 0 unspecified atom stereocenters. The van der Waals surface area contributed by atoms with E-state index in [1.54, 1.807) is 16.8 Å². The maximum Gasteiger partial charge on any atom is 0.251 e. The number of nitrogens with one attached hydrogen (secondary N) is 1. The second-order valence-electron chi connectivity index (χ2n) is 6.85. The molecule has 5 nitrogen and oxygen atoms in total. The van der Waals surface area contributed by atoms with Crippen molar-refractivity contribution < 1.29 is 4.79 Å². The van der Waals surface area contributed by atoms with Crippen molar-refractivity contribution in [3.05, 3.63) is 70.1 Å². The highest BCUT2D eigenvalue weighted by molar-refractivity contribution is 5.93. The molecule has 5 heteroatoms. The topological polar surface area (TPSA) is 54.3 Å². The molecule has 0 aliphatic carbocycles. The van der Waals surface area contributed by atoms with Gasteiger partial charge in [-0.1, -0.05) is 30.3 Å². The van der Waals surface area contributed by atoms with Gasteiger partial charge < -0.3 is 14.8 Å². The largest absolute Gasteiger partial charge is 0.351 e.